The second-order valence-corrected chi connectivity index (χ2v) is 5.37. The van der Waals surface area contributed by atoms with Crippen molar-refractivity contribution in [3.63, 3.8) is 0 Å². The Labute approximate surface area is 128 Å². The van der Waals surface area contributed by atoms with Crippen molar-refractivity contribution in [2.45, 2.75) is 37.9 Å². The van der Waals surface area contributed by atoms with E-state index in [4.69, 9.17) is 5.11 Å². The summed E-state index contributed by atoms with van der Waals surface area (Å²) < 4.78 is 38.1. The van der Waals surface area contributed by atoms with Crippen LogP contribution < -0.4 is 5.32 Å². The van der Waals surface area contributed by atoms with Crippen molar-refractivity contribution in [1.29, 1.82) is 0 Å². The predicted octanol–water partition coefficient (Wildman–Crippen LogP) is 3.06. The maximum Gasteiger partial charge on any atom is 0.433 e. The Hall–Kier alpha value is -2.39. The zero-order valence-electron chi connectivity index (χ0n) is 11.8. The van der Waals surface area contributed by atoms with Gasteiger partial charge < -0.3 is 10.4 Å². The monoisotopic (exact) mass is 333 g/mol. The van der Waals surface area contributed by atoms with Gasteiger partial charge in [0.2, 0.25) is 0 Å². The van der Waals surface area contributed by atoms with Gasteiger partial charge in [-0.25, -0.2) is 4.98 Å². The van der Waals surface area contributed by atoms with Crippen LogP contribution in [0.15, 0.2) is 12.3 Å². The highest BCUT2D eigenvalue weighted by Crippen LogP contribution is 2.35. The summed E-state index contributed by atoms with van der Waals surface area (Å²) in [5.74, 6) is -1.39. The maximum absolute atomic E-state index is 12.7. The van der Waals surface area contributed by atoms with Crippen LogP contribution in [0.3, 0.4) is 0 Å². The fraction of sp³-hybridized carbons (Fsp3) is 0.538. The van der Waals surface area contributed by atoms with E-state index in [1.54, 1.807) is 0 Å². The molecular weight excluding hydrogens is 319 g/mol. The van der Waals surface area contributed by atoms with Crippen LogP contribution >= 0.6 is 0 Å². The number of nitrogens with zero attached hydrogens (tertiary/aromatic N) is 2. The summed E-state index contributed by atoms with van der Waals surface area (Å²) in [4.78, 5) is 24.1. The van der Waals surface area contributed by atoms with Gasteiger partial charge in [0, 0.05) is 6.04 Å². The molecule has 0 aliphatic heterocycles. The molecule has 1 aromatic rings. The molecule has 2 N–H and O–H groups in total. The third kappa shape index (κ3) is 4.08. The minimum atomic E-state index is -4.70. The molecule has 126 valence electrons. The first-order valence-electron chi connectivity index (χ1n) is 6.89. The molecule has 7 nitrogen and oxygen atoms in total. The largest absolute Gasteiger partial charge is 0.481 e. The second kappa shape index (κ2) is 6.39. The summed E-state index contributed by atoms with van der Waals surface area (Å²) in [7, 11) is 0. The summed E-state index contributed by atoms with van der Waals surface area (Å²) in [6.07, 6.45) is -2.55. The lowest BCUT2D eigenvalue weighted by molar-refractivity contribution is -0.384. The van der Waals surface area contributed by atoms with Crippen LogP contribution in [0.4, 0.5) is 24.5 Å². The molecule has 0 bridgehead atoms. The maximum atomic E-state index is 12.7. The van der Waals surface area contributed by atoms with Crippen LogP contribution in [0.25, 0.3) is 0 Å². The number of halogens is 3. The van der Waals surface area contributed by atoms with Gasteiger partial charge in [-0.15, -0.1) is 0 Å². The van der Waals surface area contributed by atoms with Gasteiger partial charge in [-0.1, -0.05) is 0 Å². The van der Waals surface area contributed by atoms with E-state index in [1.807, 2.05) is 0 Å². The molecule has 2 rings (SSSR count). The summed E-state index contributed by atoms with van der Waals surface area (Å²) in [6, 6.07) is 0.300. The zero-order chi connectivity index (χ0) is 17.2. The van der Waals surface area contributed by atoms with Gasteiger partial charge in [-0.2, -0.15) is 13.2 Å². The highest BCUT2D eigenvalue weighted by molar-refractivity contribution is 5.70. The number of anilines is 1. The molecule has 0 radical (unpaired) electrons. The van der Waals surface area contributed by atoms with E-state index >= 15 is 0 Å². The van der Waals surface area contributed by atoms with E-state index in [0.717, 1.165) is 0 Å². The lowest BCUT2D eigenvalue weighted by atomic mass is 9.86. The van der Waals surface area contributed by atoms with Gasteiger partial charge in [0.05, 0.1) is 10.8 Å². The van der Waals surface area contributed by atoms with Crippen LogP contribution in [0.2, 0.25) is 0 Å². The third-order valence-electron chi connectivity index (χ3n) is 3.81. The smallest absolute Gasteiger partial charge is 0.433 e. The van der Waals surface area contributed by atoms with E-state index in [-0.39, 0.29) is 11.7 Å². The highest BCUT2D eigenvalue weighted by Gasteiger charge is 2.35. The molecule has 1 aliphatic carbocycles. The van der Waals surface area contributed by atoms with E-state index in [9.17, 15) is 28.1 Å². The Morgan fingerprint density at radius 2 is 1.96 bits per heavy atom. The summed E-state index contributed by atoms with van der Waals surface area (Å²) in [5, 5.41) is 22.6. The molecule has 23 heavy (non-hydrogen) atoms. The van der Waals surface area contributed by atoms with Crippen molar-refractivity contribution in [2.24, 2.45) is 5.92 Å². The van der Waals surface area contributed by atoms with Gasteiger partial charge in [-0.05, 0) is 31.7 Å². The third-order valence-corrected chi connectivity index (χ3v) is 3.81. The minimum Gasteiger partial charge on any atom is -0.481 e. The number of carbonyl (C=O) groups is 1. The number of carboxylic acids is 1. The normalized spacial score (nSPS) is 21.7. The first-order chi connectivity index (χ1) is 10.7. The highest BCUT2D eigenvalue weighted by atomic mass is 19.4. The Bertz CT molecular complexity index is 613. The Morgan fingerprint density at radius 1 is 1.35 bits per heavy atom. The fourth-order valence-electron chi connectivity index (χ4n) is 2.57. The van der Waals surface area contributed by atoms with E-state index in [0.29, 0.717) is 37.9 Å². The number of pyridine rings is 1. The summed E-state index contributed by atoms with van der Waals surface area (Å²) >= 11 is 0. The van der Waals surface area contributed by atoms with Crippen molar-refractivity contribution in [2.75, 3.05) is 5.32 Å². The lowest BCUT2D eigenvalue weighted by Crippen LogP contribution is -2.29. The number of hydrogen-bond donors (Lipinski definition) is 2. The van der Waals surface area contributed by atoms with Gasteiger partial charge in [-0.3, -0.25) is 14.9 Å². The fourth-order valence-corrected chi connectivity index (χ4v) is 2.57. The standard InChI is InChI=1S/C13H14F3N3O4/c14-13(15,16)11-5-9(10(6-17-11)19(22)23)18-8-3-1-7(2-4-8)12(20)21/h5-8H,1-4H2,(H,17,18)(H,20,21). The quantitative estimate of drug-likeness (QED) is 0.648. The number of carboxylic acid groups (broad SMARTS) is 1. The van der Waals surface area contributed by atoms with Gasteiger partial charge in [0.25, 0.3) is 0 Å². The van der Waals surface area contributed by atoms with Gasteiger partial charge >= 0.3 is 17.8 Å². The Morgan fingerprint density at radius 3 is 2.43 bits per heavy atom. The van der Waals surface area contributed by atoms with Crippen molar-refractivity contribution in [1.82, 2.24) is 4.98 Å². The molecule has 1 fully saturated rings. The average molecular weight is 333 g/mol. The van der Waals surface area contributed by atoms with E-state index < -0.39 is 34.4 Å². The zero-order valence-corrected chi connectivity index (χ0v) is 11.8. The molecule has 1 saturated carbocycles. The summed E-state index contributed by atoms with van der Waals surface area (Å²) in [6.45, 7) is 0. The molecule has 10 heteroatoms. The number of hydrogen-bond acceptors (Lipinski definition) is 5. The molecule has 0 spiro atoms. The van der Waals surface area contributed by atoms with Gasteiger partial charge in [0.1, 0.15) is 17.6 Å². The predicted molar refractivity (Wildman–Crippen MR) is 72.9 cm³/mol. The number of nitrogens with one attached hydrogen (secondary N) is 1. The minimum absolute atomic E-state index is 0.254. The van der Waals surface area contributed by atoms with Crippen molar-refractivity contribution < 1.29 is 28.0 Å². The topological polar surface area (TPSA) is 105 Å². The van der Waals surface area contributed by atoms with E-state index in [2.05, 4.69) is 10.3 Å². The molecule has 0 atom stereocenters. The molecule has 0 aromatic carbocycles. The van der Waals surface area contributed by atoms with Gasteiger partial charge in [0.15, 0.2) is 0 Å². The second-order valence-electron chi connectivity index (χ2n) is 5.37. The van der Waals surface area contributed by atoms with Crippen molar-refractivity contribution >= 4 is 17.3 Å². The molecule has 1 heterocycles. The Kier molecular flexibility index (Phi) is 4.71. The van der Waals surface area contributed by atoms with Crippen LogP contribution in [0, 0.1) is 16.0 Å². The molecule has 1 aliphatic rings. The van der Waals surface area contributed by atoms with Crippen molar-refractivity contribution in [3.8, 4) is 0 Å². The van der Waals surface area contributed by atoms with Crippen LogP contribution in [0.1, 0.15) is 31.4 Å². The number of aromatic nitrogens is 1. The molecular formula is C13H14F3N3O4. The Balaban J connectivity index is 2.18. The first kappa shape index (κ1) is 17.0. The number of rotatable bonds is 4. The van der Waals surface area contributed by atoms with Crippen LogP contribution in [0.5, 0.6) is 0 Å². The molecule has 0 unspecified atom stereocenters. The number of nitro groups is 1. The lowest BCUT2D eigenvalue weighted by Gasteiger charge is -2.27. The number of alkyl halides is 3. The SMILES string of the molecule is O=C(O)C1CCC(Nc2cc(C(F)(F)F)ncc2[N+](=O)[O-])CC1. The summed E-state index contributed by atoms with van der Waals surface area (Å²) in [5.41, 5.74) is -2.01. The van der Waals surface area contributed by atoms with E-state index in [1.165, 1.54) is 0 Å². The van der Waals surface area contributed by atoms with Crippen molar-refractivity contribution in [3.05, 3.63) is 28.1 Å². The number of aliphatic carboxylic acids is 1. The molecule has 1 aromatic heterocycles. The molecule has 0 amide bonds. The average Bonchev–Trinajstić information content (AvgIpc) is 2.46. The first-order valence-corrected chi connectivity index (χ1v) is 6.89. The van der Waals surface area contributed by atoms with Crippen LogP contribution in [-0.2, 0) is 11.0 Å². The molecule has 0 saturated heterocycles. The van der Waals surface area contributed by atoms with Crippen LogP contribution in [-0.4, -0.2) is 27.0 Å².